The average Bonchev–Trinajstić information content (AvgIpc) is 2.95. The zero-order valence-corrected chi connectivity index (χ0v) is 17.4. The second kappa shape index (κ2) is 9.21. The van der Waals surface area contributed by atoms with Crippen LogP contribution in [0.25, 0.3) is 6.08 Å². The van der Waals surface area contributed by atoms with Gasteiger partial charge in [0.05, 0.1) is 15.4 Å². The third kappa shape index (κ3) is 4.84. The number of para-hydroxylation sites is 1. The number of hydrogen-bond donors (Lipinski definition) is 0. The number of thiocarbonyl (C=S) groups is 1. The van der Waals surface area contributed by atoms with Crippen molar-refractivity contribution in [3.05, 3.63) is 86.3 Å². The van der Waals surface area contributed by atoms with E-state index in [0.29, 0.717) is 37.7 Å². The van der Waals surface area contributed by atoms with Gasteiger partial charge in [-0.3, -0.25) is 19.8 Å². The van der Waals surface area contributed by atoms with E-state index < -0.39 is 4.92 Å². The molecule has 148 valence electrons. The normalized spacial score (nSPS) is 15.1. The van der Waals surface area contributed by atoms with Crippen molar-refractivity contribution in [3.63, 3.8) is 0 Å². The number of ether oxygens (including phenoxy) is 1. The first kappa shape index (κ1) is 21.0. The molecule has 0 spiro atoms. The number of thioether (sulfide) groups is 1. The fourth-order valence-corrected chi connectivity index (χ4v) is 4.10. The van der Waals surface area contributed by atoms with Gasteiger partial charge in [-0.2, -0.15) is 0 Å². The summed E-state index contributed by atoms with van der Waals surface area (Å²) in [4.78, 5) is 25.2. The summed E-state index contributed by atoms with van der Waals surface area (Å²) in [6, 6.07) is 11.3. The lowest BCUT2D eigenvalue weighted by Crippen LogP contribution is -2.27. The van der Waals surface area contributed by atoms with E-state index in [4.69, 9.17) is 28.6 Å². The zero-order valence-electron chi connectivity index (χ0n) is 15.0. The van der Waals surface area contributed by atoms with Crippen molar-refractivity contribution in [2.45, 2.75) is 6.61 Å². The Labute approximate surface area is 181 Å². The second-order valence-corrected chi connectivity index (χ2v) is 8.05. The van der Waals surface area contributed by atoms with Crippen LogP contribution < -0.4 is 4.74 Å². The van der Waals surface area contributed by atoms with E-state index in [1.54, 1.807) is 48.6 Å². The summed E-state index contributed by atoms with van der Waals surface area (Å²) in [6.45, 7) is 3.96. The van der Waals surface area contributed by atoms with Crippen molar-refractivity contribution >= 4 is 57.6 Å². The van der Waals surface area contributed by atoms with Gasteiger partial charge in [0.1, 0.15) is 16.7 Å². The number of nitro groups is 1. The van der Waals surface area contributed by atoms with Crippen LogP contribution in [0.4, 0.5) is 5.69 Å². The van der Waals surface area contributed by atoms with E-state index in [0.717, 1.165) is 0 Å². The Balaban J connectivity index is 1.88. The molecule has 0 aliphatic carbocycles. The van der Waals surface area contributed by atoms with Gasteiger partial charge in [0.2, 0.25) is 0 Å². The maximum absolute atomic E-state index is 12.6. The van der Waals surface area contributed by atoms with Gasteiger partial charge in [0.15, 0.2) is 0 Å². The number of amides is 1. The molecule has 3 rings (SSSR count). The predicted octanol–water partition coefficient (Wildman–Crippen LogP) is 5.21. The molecule has 0 radical (unpaired) electrons. The SMILES string of the molecule is C=CCN1C(=O)/C(=C/c2cc(Cl)ccc2OCc2ccccc2[N+](=O)[O-])SC1=S. The standard InChI is InChI=1S/C20H15ClN2O4S2/c1-2-9-22-19(24)18(29-20(22)28)11-14-10-15(21)7-8-17(14)27-12-13-5-3-4-6-16(13)23(25)26/h2-8,10-11H,1,9,12H2/b18-11-. The highest BCUT2D eigenvalue weighted by Gasteiger charge is 2.31. The van der Waals surface area contributed by atoms with Crippen molar-refractivity contribution in [1.29, 1.82) is 0 Å². The Hall–Kier alpha value is -2.68. The first-order valence-corrected chi connectivity index (χ1v) is 10.0. The third-order valence-corrected chi connectivity index (χ3v) is 5.63. The summed E-state index contributed by atoms with van der Waals surface area (Å²) in [6.07, 6.45) is 3.26. The molecule has 0 atom stereocenters. The molecule has 1 aliphatic rings. The number of hydrogen-bond acceptors (Lipinski definition) is 6. The molecule has 1 aliphatic heterocycles. The van der Waals surface area contributed by atoms with Gasteiger partial charge in [-0.1, -0.05) is 53.8 Å². The Morgan fingerprint density at radius 3 is 2.79 bits per heavy atom. The smallest absolute Gasteiger partial charge is 0.276 e. The van der Waals surface area contributed by atoms with Crippen LogP contribution in [0.3, 0.4) is 0 Å². The number of carbonyl (C=O) groups is 1. The Morgan fingerprint density at radius 2 is 2.07 bits per heavy atom. The predicted molar refractivity (Wildman–Crippen MR) is 119 cm³/mol. The van der Waals surface area contributed by atoms with Gasteiger partial charge in [0.25, 0.3) is 11.6 Å². The van der Waals surface area contributed by atoms with Crippen LogP contribution in [0.2, 0.25) is 5.02 Å². The molecule has 0 bridgehead atoms. The van der Waals surface area contributed by atoms with E-state index in [9.17, 15) is 14.9 Å². The van der Waals surface area contributed by atoms with Crippen molar-refractivity contribution in [2.75, 3.05) is 6.54 Å². The minimum absolute atomic E-state index is 0.00293. The molecular formula is C20H15ClN2O4S2. The molecule has 0 aromatic heterocycles. The van der Waals surface area contributed by atoms with Crippen LogP contribution in [0.15, 0.2) is 60.0 Å². The highest BCUT2D eigenvalue weighted by atomic mass is 35.5. The van der Waals surface area contributed by atoms with Crippen molar-refractivity contribution in [2.24, 2.45) is 0 Å². The Bertz CT molecular complexity index is 1040. The Kier molecular flexibility index (Phi) is 6.68. The van der Waals surface area contributed by atoms with E-state index in [-0.39, 0.29) is 18.2 Å². The molecule has 0 N–H and O–H groups in total. The van der Waals surface area contributed by atoms with Crippen molar-refractivity contribution < 1.29 is 14.5 Å². The average molecular weight is 447 g/mol. The molecule has 9 heteroatoms. The van der Waals surface area contributed by atoms with E-state index >= 15 is 0 Å². The quantitative estimate of drug-likeness (QED) is 0.191. The molecule has 0 unspecified atom stereocenters. The molecule has 1 saturated heterocycles. The van der Waals surface area contributed by atoms with E-state index in [2.05, 4.69) is 6.58 Å². The maximum atomic E-state index is 12.6. The number of nitro benzene ring substituents is 1. The lowest BCUT2D eigenvalue weighted by molar-refractivity contribution is -0.385. The molecule has 0 saturated carbocycles. The largest absolute Gasteiger partial charge is 0.488 e. The minimum Gasteiger partial charge on any atom is -0.488 e. The summed E-state index contributed by atoms with van der Waals surface area (Å²) in [5.74, 6) is 0.228. The van der Waals surface area contributed by atoms with E-state index in [1.165, 1.54) is 22.7 Å². The summed E-state index contributed by atoms with van der Waals surface area (Å²) < 4.78 is 6.27. The molecule has 1 amide bonds. The highest BCUT2D eigenvalue weighted by molar-refractivity contribution is 8.26. The van der Waals surface area contributed by atoms with Crippen LogP contribution in [0, 0.1) is 10.1 Å². The number of halogens is 1. The summed E-state index contributed by atoms with van der Waals surface area (Å²) in [7, 11) is 0. The first-order valence-electron chi connectivity index (χ1n) is 8.41. The molecule has 29 heavy (non-hydrogen) atoms. The van der Waals surface area contributed by atoms with Gasteiger partial charge >= 0.3 is 0 Å². The second-order valence-electron chi connectivity index (χ2n) is 5.94. The number of carbonyl (C=O) groups excluding carboxylic acids is 1. The van der Waals surface area contributed by atoms with Crippen molar-refractivity contribution in [1.82, 2.24) is 4.90 Å². The number of rotatable bonds is 7. The number of nitrogens with zero attached hydrogens (tertiary/aromatic N) is 2. The van der Waals surface area contributed by atoms with Gasteiger partial charge in [-0.15, -0.1) is 6.58 Å². The Morgan fingerprint density at radius 1 is 1.31 bits per heavy atom. The van der Waals surface area contributed by atoms with Crippen molar-refractivity contribution in [3.8, 4) is 5.75 Å². The van der Waals surface area contributed by atoms with Crippen LogP contribution >= 0.6 is 35.6 Å². The minimum atomic E-state index is -0.452. The number of benzene rings is 2. The lowest BCUT2D eigenvalue weighted by atomic mass is 10.1. The maximum Gasteiger partial charge on any atom is 0.276 e. The lowest BCUT2D eigenvalue weighted by Gasteiger charge is -2.11. The van der Waals surface area contributed by atoms with Crippen LogP contribution in [-0.2, 0) is 11.4 Å². The fourth-order valence-electron chi connectivity index (χ4n) is 2.66. The molecule has 1 heterocycles. The molecular weight excluding hydrogens is 432 g/mol. The topological polar surface area (TPSA) is 72.7 Å². The van der Waals surface area contributed by atoms with Crippen LogP contribution in [-0.4, -0.2) is 26.6 Å². The van der Waals surface area contributed by atoms with E-state index in [1.807, 2.05) is 0 Å². The molecule has 1 fully saturated rings. The molecule has 2 aromatic rings. The first-order chi connectivity index (χ1) is 13.9. The monoisotopic (exact) mass is 446 g/mol. The highest BCUT2D eigenvalue weighted by Crippen LogP contribution is 2.35. The van der Waals surface area contributed by atoms with Gasteiger partial charge in [0, 0.05) is 23.2 Å². The molecule has 2 aromatic carbocycles. The summed E-state index contributed by atoms with van der Waals surface area (Å²) >= 11 is 12.5. The summed E-state index contributed by atoms with van der Waals surface area (Å²) in [5.41, 5.74) is 0.999. The van der Waals surface area contributed by atoms with Crippen LogP contribution in [0.1, 0.15) is 11.1 Å². The van der Waals surface area contributed by atoms with Gasteiger partial charge in [-0.05, 0) is 30.3 Å². The third-order valence-electron chi connectivity index (χ3n) is 4.02. The molecule has 6 nitrogen and oxygen atoms in total. The fraction of sp³-hybridized carbons (Fsp3) is 0.100. The summed E-state index contributed by atoms with van der Waals surface area (Å²) in [5, 5.41) is 11.7. The van der Waals surface area contributed by atoms with Gasteiger partial charge in [-0.25, -0.2) is 0 Å². The van der Waals surface area contributed by atoms with Gasteiger partial charge < -0.3 is 4.74 Å². The zero-order chi connectivity index (χ0) is 21.0. The van der Waals surface area contributed by atoms with Crippen LogP contribution in [0.5, 0.6) is 5.75 Å².